The van der Waals surface area contributed by atoms with Crippen LogP contribution in [0.3, 0.4) is 0 Å². The van der Waals surface area contributed by atoms with E-state index in [9.17, 15) is 9.59 Å². The molecule has 1 unspecified atom stereocenters. The van der Waals surface area contributed by atoms with Gasteiger partial charge in [-0.05, 0) is 0 Å². The summed E-state index contributed by atoms with van der Waals surface area (Å²) in [5.41, 5.74) is -0.985. The minimum atomic E-state index is -0.985. The molecule has 0 heterocycles. The van der Waals surface area contributed by atoms with E-state index >= 15 is 0 Å². The van der Waals surface area contributed by atoms with Crippen LogP contribution in [0.4, 0.5) is 4.79 Å². The van der Waals surface area contributed by atoms with Crippen molar-refractivity contribution < 1.29 is 19.1 Å². The van der Waals surface area contributed by atoms with E-state index in [2.05, 4.69) is 9.47 Å². The molecule has 4 nitrogen and oxygen atoms in total. The van der Waals surface area contributed by atoms with Gasteiger partial charge in [-0.3, -0.25) is 4.79 Å². The quantitative estimate of drug-likeness (QED) is 0.377. The van der Waals surface area contributed by atoms with Gasteiger partial charge in [0.2, 0.25) is 6.29 Å². The summed E-state index contributed by atoms with van der Waals surface area (Å²) in [6.07, 6.45) is -0.670. The number of carbonyl (C=O) groups excluding carboxylic acids is 2. The lowest BCUT2D eigenvalue weighted by Gasteiger charge is -2.10. The van der Waals surface area contributed by atoms with Crippen molar-refractivity contribution in [3.63, 3.8) is 0 Å². The van der Waals surface area contributed by atoms with E-state index in [1.54, 1.807) is 6.92 Å². The van der Waals surface area contributed by atoms with Crippen molar-refractivity contribution in [1.82, 2.24) is 0 Å². The monoisotopic (exact) mass is 180 g/mol. The van der Waals surface area contributed by atoms with Crippen LogP contribution in [0.1, 0.15) is 20.3 Å². The molecule has 0 saturated carbocycles. The molecule has 0 saturated heterocycles. The van der Waals surface area contributed by atoms with Crippen LogP contribution < -0.4 is 0 Å². The highest BCUT2D eigenvalue weighted by atomic mass is 35.5. The molecule has 0 rings (SSSR count). The van der Waals surface area contributed by atoms with Gasteiger partial charge in [0, 0.05) is 24.9 Å². The number of rotatable bonds is 3. The third kappa shape index (κ3) is 5.66. The van der Waals surface area contributed by atoms with Crippen LogP contribution in [0.2, 0.25) is 0 Å². The van der Waals surface area contributed by atoms with Crippen LogP contribution in [0, 0.1) is 0 Å². The molecule has 0 aromatic carbocycles. The molecule has 0 N–H and O–H groups in total. The molecule has 0 bridgehead atoms. The van der Waals surface area contributed by atoms with Gasteiger partial charge in [-0.2, -0.15) is 0 Å². The lowest BCUT2D eigenvalue weighted by Crippen LogP contribution is -2.18. The minimum absolute atomic E-state index is 0.240. The van der Waals surface area contributed by atoms with Crippen molar-refractivity contribution >= 4 is 23.0 Å². The molecule has 0 fully saturated rings. The van der Waals surface area contributed by atoms with Gasteiger partial charge in [0.05, 0.1) is 0 Å². The van der Waals surface area contributed by atoms with Gasteiger partial charge in [-0.25, -0.2) is 4.79 Å². The van der Waals surface area contributed by atoms with Crippen LogP contribution in [-0.2, 0) is 14.3 Å². The third-order valence-corrected chi connectivity index (χ3v) is 0.934. The second-order valence-corrected chi connectivity index (χ2v) is 2.08. The zero-order chi connectivity index (χ0) is 8.85. The fraction of sp³-hybridized carbons (Fsp3) is 0.667. The van der Waals surface area contributed by atoms with Crippen molar-refractivity contribution in [2.45, 2.75) is 26.6 Å². The topological polar surface area (TPSA) is 52.6 Å². The Labute approximate surface area is 69.4 Å². The molecule has 0 spiro atoms. The molecule has 11 heavy (non-hydrogen) atoms. The summed E-state index contributed by atoms with van der Waals surface area (Å²) >= 11 is 4.85. The van der Waals surface area contributed by atoms with Crippen LogP contribution in [0.25, 0.3) is 0 Å². The van der Waals surface area contributed by atoms with E-state index in [-0.39, 0.29) is 6.42 Å². The van der Waals surface area contributed by atoms with Crippen LogP contribution in [0.5, 0.6) is 0 Å². The molecule has 0 aliphatic heterocycles. The molecule has 1 atom stereocenters. The second-order valence-electron chi connectivity index (χ2n) is 1.77. The summed E-state index contributed by atoms with van der Waals surface area (Å²) in [4.78, 5) is 20.6. The lowest BCUT2D eigenvalue weighted by atomic mass is 10.5. The fourth-order valence-electron chi connectivity index (χ4n) is 0.423. The molecule has 0 aliphatic carbocycles. The number of halogens is 1. The Bertz CT molecular complexity index is 157. The Morgan fingerprint density at radius 2 is 2.00 bits per heavy atom. The molecular formula is C6H9ClO4. The molecule has 0 radical (unpaired) electrons. The predicted molar refractivity (Wildman–Crippen MR) is 38.2 cm³/mol. The third-order valence-electron chi connectivity index (χ3n) is 0.845. The van der Waals surface area contributed by atoms with E-state index < -0.39 is 17.7 Å². The second kappa shape index (κ2) is 4.96. The smallest absolute Gasteiger partial charge is 0.406 e. The molecule has 0 aliphatic rings. The maximum absolute atomic E-state index is 10.5. The normalized spacial score (nSPS) is 11.9. The van der Waals surface area contributed by atoms with Crippen LogP contribution >= 0.6 is 11.6 Å². The largest absolute Gasteiger partial charge is 0.425 e. The molecule has 0 aromatic rings. The van der Waals surface area contributed by atoms with E-state index in [1.165, 1.54) is 6.92 Å². The highest BCUT2D eigenvalue weighted by Gasteiger charge is 2.10. The van der Waals surface area contributed by atoms with Gasteiger partial charge in [-0.15, -0.1) is 0 Å². The maximum atomic E-state index is 10.5. The first-order chi connectivity index (χ1) is 5.06. The Morgan fingerprint density at radius 3 is 2.36 bits per heavy atom. The average molecular weight is 181 g/mol. The Morgan fingerprint density at radius 1 is 1.45 bits per heavy atom. The van der Waals surface area contributed by atoms with Crippen molar-refractivity contribution in [2.75, 3.05) is 0 Å². The van der Waals surface area contributed by atoms with Gasteiger partial charge >= 0.3 is 11.4 Å². The first-order valence-electron chi connectivity index (χ1n) is 3.11. The summed E-state index contributed by atoms with van der Waals surface area (Å²) in [5, 5.41) is 0. The molecule has 0 amide bonds. The maximum Gasteiger partial charge on any atom is 0.406 e. The van der Waals surface area contributed by atoms with Crippen LogP contribution in [0.15, 0.2) is 0 Å². The average Bonchev–Trinajstić information content (AvgIpc) is 1.85. The van der Waals surface area contributed by atoms with Crippen molar-refractivity contribution in [3.8, 4) is 0 Å². The van der Waals surface area contributed by atoms with Crippen molar-refractivity contribution in [1.29, 1.82) is 0 Å². The number of ether oxygens (including phenoxy) is 2. The summed E-state index contributed by atoms with van der Waals surface area (Å²) in [7, 11) is 0. The molecule has 0 aromatic heterocycles. The first-order valence-corrected chi connectivity index (χ1v) is 3.49. The Balaban J connectivity index is 3.60. The van der Waals surface area contributed by atoms with Crippen molar-refractivity contribution in [2.24, 2.45) is 0 Å². The number of carbonyl (C=O) groups is 2. The Hall–Kier alpha value is -0.770. The van der Waals surface area contributed by atoms with E-state index in [1.807, 2.05) is 0 Å². The summed E-state index contributed by atoms with van der Waals surface area (Å²) in [5.74, 6) is -0.435. The molecule has 64 valence electrons. The zero-order valence-corrected chi connectivity index (χ0v) is 7.05. The highest BCUT2D eigenvalue weighted by Crippen LogP contribution is 1.99. The summed E-state index contributed by atoms with van der Waals surface area (Å²) in [6.45, 7) is 3.05. The summed E-state index contributed by atoms with van der Waals surface area (Å²) < 4.78 is 8.85. The van der Waals surface area contributed by atoms with E-state index in [0.717, 1.165) is 0 Å². The molecule has 5 heteroatoms. The zero-order valence-electron chi connectivity index (χ0n) is 6.30. The van der Waals surface area contributed by atoms with E-state index in [4.69, 9.17) is 11.6 Å². The van der Waals surface area contributed by atoms with Gasteiger partial charge in [-0.1, -0.05) is 6.92 Å². The highest BCUT2D eigenvalue weighted by molar-refractivity contribution is 6.61. The number of esters is 1. The SMILES string of the molecule is CCC(=O)OC(C)OC(=O)Cl. The number of hydrogen-bond donors (Lipinski definition) is 0. The predicted octanol–water partition coefficient (Wildman–Crippen LogP) is 1.66. The fourth-order valence-corrected chi connectivity index (χ4v) is 0.548. The Kier molecular flexibility index (Phi) is 4.61. The van der Waals surface area contributed by atoms with Crippen LogP contribution in [-0.4, -0.2) is 17.7 Å². The standard InChI is InChI=1S/C6H9ClO4/c1-3-5(8)10-4(2)11-6(7)9/h4H,3H2,1-2H3. The number of hydrogen-bond acceptors (Lipinski definition) is 4. The van der Waals surface area contributed by atoms with E-state index in [0.29, 0.717) is 0 Å². The van der Waals surface area contributed by atoms with Gasteiger partial charge in [0.15, 0.2) is 0 Å². The first kappa shape index (κ1) is 10.2. The van der Waals surface area contributed by atoms with Gasteiger partial charge in [0.25, 0.3) is 0 Å². The lowest BCUT2D eigenvalue weighted by molar-refractivity contribution is -0.163. The van der Waals surface area contributed by atoms with Gasteiger partial charge < -0.3 is 9.47 Å². The molecular weight excluding hydrogens is 172 g/mol. The summed E-state index contributed by atoms with van der Waals surface area (Å²) in [6, 6.07) is 0. The minimum Gasteiger partial charge on any atom is -0.425 e. The van der Waals surface area contributed by atoms with Crippen molar-refractivity contribution in [3.05, 3.63) is 0 Å². The van der Waals surface area contributed by atoms with Gasteiger partial charge in [0.1, 0.15) is 0 Å².